The lowest BCUT2D eigenvalue weighted by molar-refractivity contribution is 0.615. The SMILES string of the molecule is c1ccc(-c2cc(-c3ccccc3)cc(N(c3ccc(-c4nc5ccccc5o4)c4c3CCCC4)c3ccc(-c4nc5ccccc5o4)c4c3CCCC4)c2)cc1. The van der Waals surface area contributed by atoms with Gasteiger partial charge in [0.05, 0.1) is 0 Å². The van der Waals surface area contributed by atoms with E-state index in [1.807, 2.05) is 48.5 Å². The van der Waals surface area contributed by atoms with Crippen LogP contribution in [0, 0.1) is 0 Å². The van der Waals surface area contributed by atoms with E-state index in [0.717, 1.165) is 90.4 Å². The normalized spacial score (nSPS) is 13.8. The number of aromatic nitrogens is 2. The molecular formula is C52H41N3O2. The van der Waals surface area contributed by atoms with Gasteiger partial charge in [-0.3, -0.25) is 0 Å². The van der Waals surface area contributed by atoms with Crippen molar-refractivity contribution in [2.75, 3.05) is 4.90 Å². The molecule has 5 heteroatoms. The van der Waals surface area contributed by atoms with Crippen LogP contribution in [0.2, 0.25) is 0 Å². The fraction of sp³-hybridized carbons (Fsp3) is 0.154. The molecule has 0 amide bonds. The zero-order valence-electron chi connectivity index (χ0n) is 31.7. The lowest BCUT2D eigenvalue weighted by Crippen LogP contribution is -2.19. The molecule has 0 saturated carbocycles. The largest absolute Gasteiger partial charge is 0.436 e. The molecule has 0 aliphatic heterocycles. The molecule has 2 heterocycles. The summed E-state index contributed by atoms with van der Waals surface area (Å²) in [5, 5.41) is 0. The van der Waals surface area contributed by atoms with Crippen LogP contribution in [-0.4, -0.2) is 9.97 Å². The van der Waals surface area contributed by atoms with Crippen LogP contribution in [0.25, 0.3) is 67.4 Å². The summed E-state index contributed by atoms with van der Waals surface area (Å²) < 4.78 is 12.9. The van der Waals surface area contributed by atoms with E-state index in [2.05, 4.69) is 108 Å². The molecule has 276 valence electrons. The van der Waals surface area contributed by atoms with E-state index >= 15 is 0 Å². The topological polar surface area (TPSA) is 55.3 Å². The Hall–Kier alpha value is -6.72. The first-order valence-corrected chi connectivity index (χ1v) is 20.3. The second kappa shape index (κ2) is 14.1. The van der Waals surface area contributed by atoms with Crippen LogP contribution < -0.4 is 4.90 Å². The number of rotatable bonds is 7. The molecule has 2 aromatic heterocycles. The summed E-state index contributed by atoms with van der Waals surface area (Å²) in [6.45, 7) is 0. The van der Waals surface area contributed by atoms with Crippen molar-refractivity contribution in [1.82, 2.24) is 9.97 Å². The van der Waals surface area contributed by atoms with Gasteiger partial charge in [-0.15, -0.1) is 0 Å². The Morgan fingerprint density at radius 2 is 0.807 bits per heavy atom. The molecule has 0 N–H and O–H groups in total. The molecule has 0 bridgehead atoms. The van der Waals surface area contributed by atoms with E-state index in [-0.39, 0.29) is 0 Å². The average Bonchev–Trinajstić information content (AvgIpc) is 3.92. The van der Waals surface area contributed by atoms with Crippen molar-refractivity contribution < 1.29 is 8.83 Å². The smallest absolute Gasteiger partial charge is 0.227 e. The number of hydrogen-bond donors (Lipinski definition) is 0. The van der Waals surface area contributed by atoms with Crippen LogP contribution in [0.1, 0.15) is 47.9 Å². The number of para-hydroxylation sites is 4. The van der Waals surface area contributed by atoms with Crippen molar-refractivity contribution >= 4 is 39.3 Å². The molecule has 0 radical (unpaired) electrons. The third-order valence-electron chi connectivity index (χ3n) is 11.9. The Kier molecular flexibility index (Phi) is 8.31. The van der Waals surface area contributed by atoms with Crippen molar-refractivity contribution in [1.29, 1.82) is 0 Å². The minimum Gasteiger partial charge on any atom is -0.436 e. The van der Waals surface area contributed by atoms with Crippen molar-refractivity contribution in [2.24, 2.45) is 0 Å². The summed E-state index contributed by atoms with van der Waals surface area (Å²) in [6, 6.07) is 54.0. The number of anilines is 3. The Morgan fingerprint density at radius 3 is 1.26 bits per heavy atom. The van der Waals surface area contributed by atoms with Gasteiger partial charge in [0.15, 0.2) is 11.2 Å². The maximum absolute atomic E-state index is 6.43. The minimum atomic E-state index is 0.699. The zero-order chi connectivity index (χ0) is 37.7. The molecule has 2 aliphatic carbocycles. The van der Waals surface area contributed by atoms with E-state index in [1.54, 1.807) is 0 Å². The first-order valence-electron chi connectivity index (χ1n) is 20.3. The van der Waals surface area contributed by atoms with E-state index in [1.165, 1.54) is 55.9 Å². The van der Waals surface area contributed by atoms with Crippen molar-refractivity contribution in [3.8, 4) is 45.2 Å². The fourth-order valence-electron chi connectivity index (χ4n) is 9.23. The van der Waals surface area contributed by atoms with Gasteiger partial charge in [0.1, 0.15) is 11.0 Å². The highest BCUT2D eigenvalue weighted by atomic mass is 16.4. The number of hydrogen-bond acceptors (Lipinski definition) is 5. The second-order valence-electron chi connectivity index (χ2n) is 15.4. The lowest BCUT2D eigenvalue weighted by Gasteiger charge is -2.34. The fourth-order valence-corrected chi connectivity index (χ4v) is 9.23. The average molecular weight is 740 g/mol. The van der Waals surface area contributed by atoms with Crippen molar-refractivity contribution in [3.63, 3.8) is 0 Å². The van der Waals surface area contributed by atoms with Gasteiger partial charge >= 0.3 is 0 Å². The predicted octanol–water partition coefficient (Wildman–Crippen LogP) is 13.9. The Bertz CT molecular complexity index is 2660. The maximum Gasteiger partial charge on any atom is 0.227 e. The van der Waals surface area contributed by atoms with E-state index in [4.69, 9.17) is 18.8 Å². The van der Waals surface area contributed by atoms with Crippen LogP contribution in [-0.2, 0) is 25.7 Å². The molecular weight excluding hydrogens is 699 g/mol. The monoisotopic (exact) mass is 739 g/mol. The molecule has 0 unspecified atom stereocenters. The predicted molar refractivity (Wildman–Crippen MR) is 231 cm³/mol. The van der Waals surface area contributed by atoms with Gasteiger partial charge in [0.2, 0.25) is 11.8 Å². The summed E-state index contributed by atoms with van der Waals surface area (Å²) in [4.78, 5) is 12.5. The molecule has 9 aromatic rings. The second-order valence-corrected chi connectivity index (χ2v) is 15.4. The van der Waals surface area contributed by atoms with E-state index < -0.39 is 0 Å². The number of benzene rings is 7. The first-order chi connectivity index (χ1) is 28.2. The van der Waals surface area contributed by atoms with Gasteiger partial charge < -0.3 is 13.7 Å². The molecule has 0 fully saturated rings. The lowest BCUT2D eigenvalue weighted by atomic mass is 9.84. The summed E-state index contributed by atoms with van der Waals surface area (Å²) >= 11 is 0. The van der Waals surface area contributed by atoms with E-state index in [9.17, 15) is 0 Å². The van der Waals surface area contributed by atoms with Crippen LogP contribution in [0.3, 0.4) is 0 Å². The molecule has 7 aromatic carbocycles. The van der Waals surface area contributed by atoms with Gasteiger partial charge in [-0.1, -0.05) is 84.9 Å². The Labute approximate surface area is 332 Å². The highest BCUT2D eigenvalue weighted by Gasteiger charge is 2.29. The van der Waals surface area contributed by atoms with Gasteiger partial charge in [-0.2, -0.15) is 0 Å². The van der Waals surface area contributed by atoms with Crippen molar-refractivity contribution in [3.05, 3.63) is 174 Å². The van der Waals surface area contributed by atoms with Gasteiger partial charge in [-0.25, -0.2) is 9.97 Å². The molecule has 0 saturated heterocycles. The van der Waals surface area contributed by atoms with Gasteiger partial charge in [-0.05, 0) is 163 Å². The molecule has 5 nitrogen and oxygen atoms in total. The molecule has 57 heavy (non-hydrogen) atoms. The molecule has 0 spiro atoms. The number of nitrogens with zero attached hydrogens (tertiary/aromatic N) is 3. The summed E-state index contributed by atoms with van der Waals surface area (Å²) in [7, 11) is 0. The van der Waals surface area contributed by atoms with Crippen LogP contribution in [0.5, 0.6) is 0 Å². The zero-order valence-corrected chi connectivity index (χ0v) is 31.7. The summed E-state index contributed by atoms with van der Waals surface area (Å²) in [6.07, 6.45) is 8.50. The Balaban J connectivity index is 1.17. The number of oxazole rings is 2. The van der Waals surface area contributed by atoms with E-state index in [0.29, 0.717) is 11.8 Å². The minimum absolute atomic E-state index is 0.699. The Morgan fingerprint density at radius 1 is 0.386 bits per heavy atom. The first kappa shape index (κ1) is 33.6. The van der Waals surface area contributed by atoms with Crippen LogP contribution in [0.15, 0.2) is 160 Å². The van der Waals surface area contributed by atoms with Gasteiger partial charge in [0.25, 0.3) is 0 Å². The highest BCUT2D eigenvalue weighted by molar-refractivity contribution is 5.90. The molecule has 11 rings (SSSR count). The van der Waals surface area contributed by atoms with Crippen molar-refractivity contribution in [2.45, 2.75) is 51.4 Å². The summed E-state index contributed by atoms with van der Waals surface area (Å²) in [5.74, 6) is 1.40. The van der Waals surface area contributed by atoms with Crippen LogP contribution in [0.4, 0.5) is 17.1 Å². The highest BCUT2D eigenvalue weighted by Crippen LogP contribution is 2.48. The third kappa shape index (κ3) is 6.02. The third-order valence-corrected chi connectivity index (χ3v) is 11.9. The summed E-state index contributed by atoms with van der Waals surface area (Å²) in [5.41, 5.74) is 19.4. The standard InChI is InChI=1S/C52H41N3O2/c1-3-15-34(16-4-1)36-31-37(35-17-5-2-6-18-35)33-38(32-36)55(47-29-27-43(39-19-7-9-21-41(39)47)51-53-45-23-11-13-25-49(45)56-51)48-30-28-44(40-20-8-10-22-42(40)48)52-54-46-24-12-14-26-50(46)57-52/h1-6,11-18,23-33H,7-10,19-22H2. The number of fused-ring (bicyclic) bond motifs is 4. The quantitative estimate of drug-likeness (QED) is 0.163. The van der Waals surface area contributed by atoms with Gasteiger partial charge in [0, 0.05) is 28.2 Å². The van der Waals surface area contributed by atoms with Crippen LogP contribution >= 0.6 is 0 Å². The molecule has 2 aliphatic rings. The maximum atomic E-state index is 6.43. The molecule has 0 atom stereocenters.